The summed E-state index contributed by atoms with van der Waals surface area (Å²) in [6, 6.07) is 17.1. The lowest BCUT2D eigenvalue weighted by atomic mass is 10.2. The lowest BCUT2D eigenvalue weighted by Crippen LogP contribution is -2.13. The number of nitrogens with one attached hydrogen (secondary N) is 1. The Labute approximate surface area is 149 Å². The Morgan fingerprint density at radius 2 is 1.88 bits per heavy atom. The second-order valence-electron chi connectivity index (χ2n) is 5.57. The molecule has 0 saturated carbocycles. The van der Waals surface area contributed by atoms with E-state index in [0.29, 0.717) is 29.2 Å². The van der Waals surface area contributed by atoms with Crippen LogP contribution in [-0.4, -0.2) is 19.5 Å². The molecule has 0 radical (unpaired) electrons. The number of rotatable bonds is 3. The van der Waals surface area contributed by atoms with E-state index in [1.807, 2.05) is 42.5 Å². The van der Waals surface area contributed by atoms with Crippen molar-refractivity contribution in [2.45, 2.75) is 6.54 Å². The van der Waals surface area contributed by atoms with Gasteiger partial charge in [0.25, 0.3) is 5.56 Å². The van der Waals surface area contributed by atoms with Crippen LogP contribution in [0.25, 0.3) is 22.6 Å². The molecule has 0 bridgehead atoms. The van der Waals surface area contributed by atoms with Crippen LogP contribution in [0.5, 0.6) is 0 Å². The largest absolute Gasteiger partial charge is 0.399 e. The van der Waals surface area contributed by atoms with Gasteiger partial charge in [-0.15, -0.1) is 12.4 Å². The summed E-state index contributed by atoms with van der Waals surface area (Å²) >= 11 is 0. The summed E-state index contributed by atoms with van der Waals surface area (Å²) in [6.07, 6.45) is 1.64. The zero-order chi connectivity index (χ0) is 16.5. The van der Waals surface area contributed by atoms with Crippen LogP contribution in [0.3, 0.4) is 0 Å². The molecule has 2 aromatic carbocycles. The monoisotopic (exact) mass is 353 g/mol. The Bertz CT molecular complexity index is 1070. The van der Waals surface area contributed by atoms with Gasteiger partial charge < -0.3 is 15.3 Å². The number of hydrogen-bond donors (Lipinski definition) is 2. The van der Waals surface area contributed by atoms with Gasteiger partial charge in [0.05, 0.1) is 6.33 Å². The number of fused-ring (bicyclic) bond motifs is 1. The van der Waals surface area contributed by atoms with E-state index < -0.39 is 0 Å². The number of H-pyrrole nitrogens is 1. The fourth-order valence-corrected chi connectivity index (χ4v) is 2.71. The van der Waals surface area contributed by atoms with E-state index in [9.17, 15) is 4.79 Å². The second kappa shape index (κ2) is 6.78. The molecule has 7 heteroatoms. The maximum absolute atomic E-state index is 12.5. The van der Waals surface area contributed by atoms with Gasteiger partial charge in [-0.25, -0.2) is 9.97 Å². The van der Waals surface area contributed by atoms with Crippen LogP contribution in [0.2, 0.25) is 0 Å². The molecule has 0 aliphatic heterocycles. The predicted molar refractivity (Wildman–Crippen MR) is 101 cm³/mol. The number of hydrogen-bond acceptors (Lipinski definition) is 4. The quantitative estimate of drug-likeness (QED) is 0.554. The Morgan fingerprint density at radius 1 is 1.08 bits per heavy atom. The van der Waals surface area contributed by atoms with Gasteiger partial charge in [-0.3, -0.25) is 4.79 Å². The third-order valence-corrected chi connectivity index (χ3v) is 3.84. The van der Waals surface area contributed by atoms with Crippen molar-refractivity contribution in [2.75, 3.05) is 5.73 Å². The van der Waals surface area contributed by atoms with Gasteiger partial charge in [0.2, 0.25) is 0 Å². The lowest BCUT2D eigenvalue weighted by Gasteiger charge is -2.05. The van der Waals surface area contributed by atoms with E-state index in [-0.39, 0.29) is 18.0 Å². The van der Waals surface area contributed by atoms with Gasteiger partial charge in [0.1, 0.15) is 5.82 Å². The highest BCUT2D eigenvalue weighted by Gasteiger charge is 2.12. The number of halogens is 1. The minimum absolute atomic E-state index is 0. The minimum Gasteiger partial charge on any atom is -0.399 e. The van der Waals surface area contributed by atoms with Gasteiger partial charge in [0, 0.05) is 17.8 Å². The lowest BCUT2D eigenvalue weighted by molar-refractivity contribution is 0.819. The minimum atomic E-state index is -0.217. The number of benzene rings is 2. The summed E-state index contributed by atoms with van der Waals surface area (Å²) in [5.74, 6) is 0.463. The van der Waals surface area contributed by atoms with Gasteiger partial charge in [-0.2, -0.15) is 0 Å². The van der Waals surface area contributed by atoms with Crippen molar-refractivity contribution < 1.29 is 0 Å². The van der Waals surface area contributed by atoms with Crippen LogP contribution in [0.1, 0.15) is 5.56 Å². The van der Waals surface area contributed by atoms with Crippen LogP contribution in [0.4, 0.5) is 5.69 Å². The smallest absolute Gasteiger partial charge is 0.277 e. The molecule has 0 spiro atoms. The second-order valence-corrected chi connectivity index (χ2v) is 5.57. The molecule has 25 heavy (non-hydrogen) atoms. The summed E-state index contributed by atoms with van der Waals surface area (Å²) in [7, 11) is 0. The zero-order valence-corrected chi connectivity index (χ0v) is 14.0. The highest BCUT2D eigenvalue weighted by molar-refractivity contribution is 5.85. The highest BCUT2D eigenvalue weighted by Crippen LogP contribution is 2.18. The molecule has 0 aliphatic rings. The molecule has 0 aliphatic carbocycles. The molecule has 2 heterocycles. The van der Waals surface area contributed by atoms with E-state index >= 15 is 0 Å². The van der Waals surface area contributed by atoms with E-state index in [4.69, 9.17) is 5.73 Å². The third kappa shape index (κ3) is 3.25. The molecule has 3 N–H and O–H groups in total. The van der Waals surface area contributed by atoms with Crippen LogP contribution in [0, 0.1) is 0 Å². The Morgan fingerprint density at radius 3 is 2.64 bits per heavy atom. The topological polar surface area (TPSA) is 89.6 Å². The van der Waals surface area contributed by atoms with Gasteiger partial charge in [0.15, 0.2) is 11.2 Å². The Balaban J connectivity index is 0.00000182. The number of nitrogens with zero attached hydrogens (tertiary/aromatic N) is 3. The van der Waals surface area contributed by atoms with E-state index in [1.165, 1.54) is 0 Å². The van der Waals surface area contributed by atoms with E-state index in [1.54, 1.807) is 23.0 Å². The molecule has 0 atom stereocenters. The predicted octanol–water partition coefficient (Wildman–Crippen LogP) is 2.84. The maximum atomic E-state index is 12.5. The highest BCUT2D eigenvalue weighted by atomic mass is 35.5. The molecule has 0 saturated heterocycles. The molecular formula is C18H16ClN5O. The third-order valence-electron chi connectivity index (χ3n) is 3.84. The summed E-state index contributed by atoms with van der Waals surface area (Å²) in [4.78, 5) is 24.1. The summed E-state index contributed by atoms with van der Waals surface area (Å²) in [6.45, 7) is 0.569. The first-order chi connectivity index (χ1) is 11.7. The number of aromatic nitrogens is 4. The van der Waals surface area contributed by atoms with Crippen LogP contribution in [-0.2, 0) is 6.54 Å². The van der Waals surface area contributed by atoms with Crippen molar-refractivity contribution in [1.29, 1.82) is 0 Å². The van der Waals surface area contributed by atoms with Crippen molar-refractivity contribution in [1.82, 2.24) is 19.5 Å². The molecule has 4 aromatic rings. The van der Waals surface area contributed by atoms with Crippen molar-refractivity contribution in [3.63, 3.8) is 0 Å². The van der Waals surface area contributed by atoms with Crippen molar-refractivity contribution in [2.24, 2.45) is 0 Å². The van der Waals surface area contributed by atoms with Crippen molar-refractivity contribution in [3.8, 4) is 11.4 Å². The van der Waals surface area contributed by atoms with Crippen molar-refractivity contribution in [3.05, 3.63) is 76.8 Å². The van der Waals surface area contributed by atoms with Crippen LogP contribution < -0.4 is 11.3 Å². The summed E-state index contributed by atoms with van der Waals surface area (Å²) in [5.41, 5.74) is 8.93. The summed E-state index contributed by atoms with van der Waals surface area (Å²) in [5, 5.41) is 0. The normalized spacial score (nSPS) is 10.6. The van der Waals surface area contributed by atoms with Gasteiger partial charge in [-0.1, -0.05) is 42.5 Å². The maximum Gasteiger partial charge on any atom is 0.277 e. The van der Waals surface area contributed by atoms with Crippen LogP contribution in [0.15, 0.2) is 65.7 Å². The fourth-order valence-electron chi connectivity index (χ4n) is 2.71. The van der Waals surface area contributed by atoms with E-state index in [0.717, 1.165) is 11.1 Å². The standard InChI is InChI=1S/C18H15N5O.ClH/c19-14-8-4-7-13(9-14)16-21-17-15(18(24)22-16)23(11-20-17)10-12-5-2-1-3-6-12;/h1-9,11H,10,19H2,(H,21,22,24);1H. The van der Waals surface area contributed by atoms with Gasteiger partial charge in [-0.05, 0) is 17.7 Å². The Kier molecular flexibility index (Phi) is 4.54. The average molecular weight is 354 g/mol. The number of imidazole rings is 1. The molecular weight excluding hydrogens is 338 g/mol. The van der Waals surface area contributed by atoms with E-state index in [2.05, 4.69) is 15.0 Å². The molecule has 0 fully saturated rings. The SMILES string of the molecule is Cl.Nc1cccc(-c2nc3ncn(Cc4ccccc4)c3c(=O)[nH]2)c1. The molecule has 2 aromatic heterocycles. The number of nitrogens with two attached hydrogens (primary N) is 1. The summed E-state index contributed by atoms with van der Waals surface area (Å²) < 4.78 is 1.81. The first-order valence-corrected chi connectivity index (χ1v) is 7.56. The first-order valence-electron chi connectivity index (χ1n) is 7.56. The molecule has 6 nitrogen and oxygen atoms in total. The Hall–Kier alpha value is -3.12. The first kappa shape index (κ1) is 16.7. The molecule has 0 unspecified atom stereocenters. The number of aromatic amines is 1. The molecule has 0 amide bonds. The molecule has 4 rings (SSSR count). The van der Waals surface area contributed by atoms with Crippen molar-refractivity contribution >= 4 is 29.3 Å². The fraction of sp³-hybridized carbons (Fsp3) is 0.0556. The van der Waals surface area contributed by atoms with Gasteiger partial charge >= 0.3 is 0 Å². The number of nitrogen functional groups attached to an aromatic ring is 1. The average Bonchev–Trinajstić information content (AvgIpc) is 2.99. The zero-order valence-electron chi connectivity index (χ0n) is 13.2. The molecule has 126 valence electrons. The van der Waals surface area contributed by atoms with Crippen LogP contribution >= 0.6 is 12.4 Å². The number of anilines is 1.